The van der Waals surface area contributed by atoms with Crippen molar-refractivity contribution in [1.82, 2.24) is 0 Å². The van der Waals surface area contributed by atoms with Gasteiger partial charge in [-0.2, -0.15) is 0 Å². The highest BCUT2D eigenvalue weighted by Crippen LogP contribution is 2.28. The molecule has 0 aromatic heterocycles. The largest absolute Gasteiger partial charge is 0.496 e. The molecule has 0 unspecified atom stereocenters. The summed E-state index contributed by atoms with van der Waals surface area (Å²) in [5.41, 5.74) is 1.41. The lowest BCUT2D eigenvalue weighted by atomic mass is 10.0. The maximum absolute atomic E-state index is 11.5. The fourth-order valence-electron chi connectivity index (χ4n) is 1.24. The number of benzene rings is 1. The summed E-state index contributed by atoms with van der Waals surface area (Å²) < 4.78 is 5.99. The van der Waals surface area contributed by atoms with Gasteiger partial charge in [0, 0.05) is 4.47 Å². The summed E-state index contributed by atoms with van der Waals surface area (Å²) in [6.45, 7) is 1.85. The van der Waals surface area contributed by atoms with Gasteiger partial charge >= 0.3 is 0 Å². The summed E-state index contributed by atoms with van der Waals surface area (Å²) >= 11 is 8.88. The first-order chi connectivity index (χ1) is 6.61. The molecule has 0 aliphatic heterocycles. The van der Waals surface area contributed by atoms with Gasteiger partial charge in [0.25, 0.3) is 0 Å². The number of hydrogen-bond acceptors (Lipinski definition) is 2. The number of halogens is 2. The summed E-state index contributed by atoms with van der Waals surface area (Å²) in [5.74, 6) is 0.409. The van der Waals surface area contributed by atoms with E-state index in [4.69, 9.17) is 16.3 Å². The maximum atomic E-state index is 11.5. The Bertz CT molecular complexity index is 363. The number of ketones is 1. The maximum Gasteiger partial charge on any atom is 0.181 e. The first-order valence-electron chi connectivity index (χ1n) is 4.04. The van der Waals surface area contributed by atoms with Crippen LogP contribution in [0.3, 0.4) is 0 Å². The number of alkyl halides is 1. The second-order valence-electron chi connectivity index (χ2n) is 2.81. The monoisotopic (exact) mass is 276 g/mol. The molecule has 0 spiro atoms. The number of hydrogen-bond donors (Lipinski definition) is 0. The fourth-order valence-corrected chi connectivity index (χ4v) is 1.71. The summed E-state index contributed by atoms with van der Waals surface area (Å²) in [6.07, 6.45) is 0. The van der Waals surface area contributed by atoms with Crippen molar-refractivity contribution in [3.8, 4) is 5.75 Å². The molecule has 0 amide bonds. The molecular formula is C10H10BrClO2. The lowest BCUT2D eigenvalue weighted by Gasteiger charge is -2.10. The zero-order chi connectivity index (χ0) is 10.7. The minimum Gasteiger partial charge on any atom is -0.496 e. The van der Waals surface area contributed by atoms with E-state index in [2.05, 4.69) is 15.9 Å². The van der Waals surface area contributed by atoms with Crippen molar-refractivity contribution < 1.29 is 9.53 Å². The molecule has 0 aliphatic carbocycles. The van der Waals surface area contributed by atoms with Crippen molar-refractivity contribution in [1.29, 1.82) is 0 Å². The van der Waals surface area contributed by atoms with Gasteiger partial charge in [-0.05, 0) is 24.6 Å². The predicted octanol–water partition coefficient (Wildman–Crippen LogP) is 3.19. The molecule has 0 saturated heterocycles. The van der Waals surface area contributed by atoms with E-state index >= 15 is 0 Å². The molecule has 0 N–H and O–H groups in total. The van der Waals surface area contributed by atoms with Crippen molar-refractivity contribution in [3.05, 3.63) is 27.7 Å². The molecule has 1 rings (SSSR count). The van der Waals surface area contributed by atoms with Crippen LogP contribution in [-0.2, 0) is 0 Å². The molecule has 14 heavy (non-hydrogen) atoms. The highest BCUT2D eigenvalue weighted by molar-refractivity contribution is 9.10. The smallest absolute Gasteiger partial charge is 0.181 e. The van der Waals surface area contributed by atoms with Crippen LogP contribution in [0.25, 0.3) is 0 Å². The molecule has 0 radical (unpaired) electrons. The van der Waals surface area contributed by atoms with Gasteiger partial charge in [-0.25, -0.2) is 0 Å². The summed E-state index contributed by atoms with van der Waals surface area (Å²) in [4.78, 5) is 11.5. The minimum atomic E-state index is -0.123. The Labute approximate surface area is 96.3 Å². The first kappa shape index (κ1) is 11.5. The van der Waals surface area contributed by atoms with Gasteiger partial charge in [-0.3, -0.25) is 4.79 Å². The molecule has 0 atom stereocenters. The Balaban J connectivity index is 3.35. The molecule has 76 valence electrons. The third-order valence-electron chi connectivity index (χ3n) is 1.98. The highest BCUT2D eigenvalue weighted by Gasteiger charge is 2.15. The second-order valence-corrected chi connectivity index (χ2v) is 3.93. The number of rotatable bonds is 3. The van der Waals surface area contributed by atoms with Gasteiger partial charge in [0.05, 0.1) is 18.6 Å². The summed E-state index contributed by atoms with van der Waals surface area (Å²) in [6, 6.07) is 3.59. The van der Waals surface area contributed by atoms with Crippen molar-refractivity contribution in [2.45, 2.75) is 6.92 Å². The number of ether oxygens (including phenoxy) is 1. The predicted molar refractivity (Wildman–Crippen MR) is 60.5 cm³/mol. The van der Waals surface area contributed by atoms with Gasteiger partial charge in [0.15, 0.2) is 5.78 Å². The van der Waals surface area contributed by atoms with E-state index in [9.17, 15) is 4.79 Å². The molecular weight excluding hydrogens is 267 g/mol. The molecule has 1 aromatic rings. The van der Waals surface area contributed by atoms with Gasteiger partial charge in [-0.15, -0.1) is 11.6 Å². The van der Waals surface area contributed by atoms with Crippen LogP contribution in [0.4, 0.5) is 0 Å². The van der Waals surface area contributed by atoms with Crippen LogP contribution in [0.15, 0.2) is 16.6 Å². The molecule has 0 fully saturated rings. The lowest BCUT2D eigenvalue weighted by molar-refractivity contribution is 0.101. The van der Waals surface area contributed by atoms with E-state index < -0.39 is 0 Å². The standard InChI is InChI=1S/C10H10BrClO2/c1-6-7(11)3-4-9(14-2)10(6)8(13)5-12/h3-4H,5H2,1-2H3. The van der Waals surface area contributed by atoms with Gasteiger partial charge in [0.2, 0.25) is 0 Å². The molecule has 0 bridgehead atoms. The third-order valence-corrected chi connectivity index (χ3v) is 3.08. The van der Waals surface area contributed by atoms with Crippen molar-refractivity contribution in [2.24, 2.45) is 0 Å². The average Bonchev–Trinajstić information content (AvgIpc) is 2.20. The lowest BCUT2D eigenvalue weighted by Crippen LogP contribution is -2.06. The summed E-state index contributed by atoms with van der Waals surface area (Å²) in [7, 11) is 1.54. The summed E-state index contributed by atoms with van der Waals surface area (Å²) in [5, 5.41) is 0. The fraction of sp³-hybridized carbons (Fsp3) is 0.300. The average molecular weight is 278 g/mol. The molecule has 1 aromatic carbocycles. The first-order valence-corrected chi connectivity index (χ1v) is 5.36. The van der Waals surface area contributed by atoms with Crippen LogP contribution in [0.2, 0.25) is 0 Å². The number of Topliss-reactive ketones (excluding diaryl/α,β-unsaturated/α-hetero) is 1. The van der Waals surface area contributed by atoms with E-state index in [0.29, 0.717) is 11.3 Å². The quantitative estimate of drug-likeness (QED) is 0.626. The number of carbonyl (C=O) groups is 1. The Kier molecular flexibility index (Phi) is 3.96. The van der Waals surface area contributed by atoms with Crippen molar-refractivity contribution in [3.63, 3.8) is 0 Å². The SMILES string of the molecule is COc1ccc(Br)c(C)c1C(=O)CCl. The van der Waals surface area contributed by atoms with Crippen molar-refractivity contribution >= 4 is 33.3 Å². The minimum absolute atomic E-state index is 0.0341. The van der Waals surface area contributed by atoms with Crippen LogP contribution < -0.4 is 4.74 Å². The van der Waals surface area contributed by atoms with Gasteiger partial charge in [0.1, 0.15) is 5.75 Å². The number of methoxy groups -OCH3 is 1. The number of carbonyl (C=O) groups excluding carboxylic acids is 1. The van der Waals surface area contributed by atoms with E-state index in [1.165, 1.54) is 7.11 Å². The van der Waals surface area contributed by atoms with E-state index in [1.54, 1.807) is 6.07 Å². The van der Waals surface area contributed by atoms with Crippen molar-refractivity contribution in [2.75, 3.05) is 13.0 Å². The third kappa shape index (κ3) is 2.10. The Morgan fingerprint density at radius 1 is 1.57 bits per heavy atom. The van der Waals surface area contributed by atoms with Gasteiger partial charge in [-0.1, -0.05) is 15.9 Å². The van der Waals surface area contributed by atoms with Crippen LogP contribution in [-0.4, -0.2) is 18.8 Å². The zero-order valence-electron chi connectivity index (χ0n) is 7.93. The highest BCUT2D eigenvalue weighted by atomic mass is 79.9. The van der Waals surface area contributed by atoms with E-state index in [0.717, 1.165) is 10.0 Å². The molecule has 0 aliphatic rings. The topological polar surface area (TPSA) is 26.3 Å². The van der Waals surface area contributed by atoms with Gasteiger partial charge < -0.3 is 4.74 Å². The zero-order valence-corrected chi connectivity index (χ0v) is 10.3. The Morgan fingerprint density at radius 3 is 2.71 bits per heavy atom. The molecule has 0 saturated carbocycles. The van der Waals surface area contributed by atoms with Crippen LogP contribution >= 0.6 is 27.5 Å². The second kappa shape index (κ2) is 4.80. The van der Waals surface area contributed by atoms with E-state index in [1.807, 2.05) is 13.0 Å². The van der Waals surface area contributed by atoms with E-state index in [-0.39, 0.29) is 11.7 Å². The molecule has 2 nitrogen and oxygen atoms in total. The van der Waals surface area contributed by atoms with Crippen LogP contribution in [0.1, 0.15) is 15.9 Å². The van der Waals surface area contributed by atoms with Crippen LogP contribution in [0, 0.1) is 6.92 Å². The normalized spacial score (nSPS) is 10.0. The Hall–Kier alpha value is -0.540. The Morgan fingerprint density at radius 2 is 2.21 bits per heavy atom. The van der Waals surface area contributed by atoms with Crippen LogP contribution in [0.5, 0.6) is 5.75 Å². The molecule has 0 heterocycles. The molecule has 4 heteroatoms.